The maximum absolute atomic E-state index is 11.5. The van der Waals surface area contributed by atoms with Crippen LogP contribution >= 0.6 is 0 Å². The maximum Gasteiger partial charge on any atom is 0.272 e. The first-order chi connectivity index (χ1) is 7.13. The second-order valence-electron chi connectivity index (χ2n) is 3.67. The van der Waals surface area contributed by atoms with E-state index >= 15 is 0 Å². The van der Waals surface area contributed by atoms with Gasteiger partial charge in [0.1, 0.15) is 0 Å². The molecule has 0 saturated heterocycles. The molecule has 15 heavy (non-hydrogen) atoms. The van der Waals surface area contributed by atoms with Crippen LogP contribution in [0, 0.1) is 0 Å². The van der Waals surface area contributed by atoms with Crippen molar-refractivity contribution in [3.05, 3.63) is 12.2 Å². The fourth-order valence-electron chi connectivity index (χ4n) is 1.21. The second-order valence-corrected chi connectivity index (χ2v) is 3.67. The number of amides is 1. The van der Waals surface area contributed by atoms with Crippen molar-refractivity contribution in [2.75, 3.05) is 13.2 Å². The normalized spacial score (nSPS) is 10.1. The lowest BCUT2D eigenvalue weighted by Crippen LogP contribution is -2.31. The van der Waals surface area contributed by atoms with Gasteiger partial charge in [-0.3, -0.25) is 9.63 Å². The Balaban J connectivity index is 3.71. The minimum absolute atomic E-state index is 0.118. The smallest absolute Gasteiger partial charge is 0.271 e. The summed E-state index contributed by atoms with van der Waals surface area (Å²) in [7, 11) is 0. The summed E-state index contributed by atoms with van der Waals surface area (Å²) in [5, 5.41) is 1.38. The number of likely N-dealkylation sites (N-methyl/N-ethyl adjacent to an activating group) is 1. The molecule has 1 amide bonds. The topological polar surface area (TPSA) is 29.5 Å². The minimum Gasteiger partial charge on any atom is -0.271 e. The maximum atomic E-state index is 11.5. The Bertz CT molecular complexity index is 202. The summed E-state index contributed by atoms with van der Waals surface area (Å²) in [6.45, 7) is 10.6. The molecule has 88 valence electrons. The third-order valence-electron chi connectivity index (χ3n) is 2.12. The molecule has 3 heteroatoms. The van der Waals surface area contributed by atoms with Gasteiger partial charge in [0, 0.05) is 12.1 Å². The van der Waals surface area contributed by atoms with E-state index < -0.39 is 0 Å². The van der Waals surface area contributed by atoms with Gasteiger partial charge in [0.25, 0.3) is 5.91 Å². The first kappa shape index (κ1) is 14.2. The molecule has 0 N–H and O–H groups in total. The Labute approximate surface area is 93.1 Å². The van der Waals surface area contributed by atoms with E-state index in [4.69, 9.17) is 4.84 Å². The third-order valence-corrected chi connectivity index (χ3v) is 2.12. The van der Waals surface area contributed by atoms with Gasteiger partial charge < -0.3 is 0 Å². The predicted octanol–water partition coefficient (Wildman–Crippen LogP) is 2.92. The summed E-state index contributed by atoms with van der Waals surface area (Å²) in [5.41, 5.74) is 0.519. The molecule has 0 saturated carbocycles. The molecular formula is C12H23NO2. The second kappa shape index (κ2) is 8.48. The molecule has 0 aromatic carbocycles. The summed E-state index contributed by atoms with van der Waals surface area (Å²) in [6, 6.07) is 0. The number of carbonyl (C=O) groups excluding carboxylic acids is 1. The lowest BCUT2D eigenvalue weighted by atomic mass is 10.2. The average Bonchev–Trinajstić information content (AvgIpc) is 2.22. The summed E-state index contributed by atoms with van der Waals surface area (Å²) in [4.78, 5) is 16.9. The van der Waals surface area contributed by atoms with Crippen molar-refractivity contribution in [1.82, 2.24) is 5.06 Å². The first-order valence-electron chi connectivity index (χ1n) is 5.73. The summed E-state index contributed by atoms with van der Waals surface area (Å²) in [6.07, 6.45) is 4.61. The standard InChI is InChI=1S/C12H23NO2/c1-5-7-8-9-10-15-13(6-2)12(14)11(3)4/h3,5-10H2,1-2,4H3. The highest BCUT2D eigenvalue weighted by Crippen LogP contribution is 2.03. The van der Waals surface area contributed by atoms with Crippen molar-refractivity contribution in [2.24, 2.45) is 0 Å². The molecule has 0 radical (unpaired) electrons. The Morgan fingerprint density at radius 1 is 1.27 bits per heavy atom. The number of hydrogen-bond acceptors (Lipinski definition) is 2. The van der Waals surface area contributed by atoms with E-state index in [0.717, 1.165) is 12.8 Å². The minimum atomic E-state index is -0.118. The predicted molar refractivity (Wildman–Crippen MR) is 62.3 cm³/mol. The molecule has 0 aromatic rings. The van der Waals surface area contributed by atoms with Crippen LogP contribution < -0.4 is 0 Å². The van der Waals surface area contributed by atoms with Crippen molar-refractivity contribution >= 4 is 5.91 Å². The SMILES string of the molecule is C=C(C)C(=O)N(CC)OCCCCCC. The van der Waals surface area contributed by atoms with Crippen LogP contribution in [0.3, 0.4) is 0 Å². The summed E-state index contributed by atoms with van der Waals surface area (Å²) >= 11 is 0. The monoisotopic (exact) mass is 213 g/mol. The highest BCUT2D eigenvalue weighted by molar-refractivity contribution is 5.91. The van der Waals surface area contributed by atoms with Crippen LogP contribution in [0.4, 0.5) is 0 Å². The van der Waals surface area contributed by atoms with E-state index in [9.17, 15) is 4.79 Å². The van der Waals surface area contributed by atoms with E-state index in [2.05, 4.69) is 13.5 Å². The number of nitrogens with zero attached hydrogens (tertiary/aromatic N) is 1. The van der Waals surface area contributed by atoms with Gasteiger partial charge in [-0.1, -0.05) is 32.8 Å². The highest BCUT2D eigenvalue weighted by atomic mass is 16.7. The van der Waals surface area contributed by atoms with Crippen LogP contribution in [0.2, 0.25) is 0 Å². The van der Waals surface area contributed by atoms with Crippen molar-refractivity contribution < 1.29 is 9.63 Å². The molecule has 0 unspecified atom stereocenters. The Kier molecular flexibility index (Phi) is 8.01. The Morgan fingerprint density at radius 3 is 2.40 bits per heavy atom. The molecule has 0 heterocycles. The van der Waals surface area contributed by atoms with Crippen LogP contribution in [0.15, 0.2) is 12.2 Å². The van der Waals surface area contributed by atoms with E-state index in [0.29, 0.717) is 18.7 Å². The van der Waals surface area contributed by atoms with Crippen molar-refractivity contribution in [1.29, 1.82) is 0 Å². The van der Waals surface area contributed by atoms with Crippen LogP contribution in [-0.4, -0.2) is 24.1 Å². The van der Waals surface area contributed by atoms with Crippen LogP contribution in [0.25, 0.3) is 0 Å². The number of hydrogen-bond donors (Lipinski definition) is 0. The van der Waals surface area contributed by atoms with Crippen molar-refractivity contribution in [3.63, 3.8) is 0 Å². The van der Waals surface area contributed by atoms with Gasteiger partial charge in [0.2, 0.25) is 0 Å². The lowest BCUT2D eigenvalue weighted by molar-refractivity contribution is -0.181. The van der Waals surface area contributed by atoms with E-state index in [-0.39, 0.29) is 5.91 Å². The molecular weight excluding hydrogens is 190 g/mol. The van der Waals surface area contributed by atoms with Gasteiger partial charge in [0.15, 0.2) is 0 Å². The number of carbonyl (C=O) groups is 1. The molecule has 0 atom stereocenters. The number of hydroxylamine groups is 2. The molecule has 0 aliphatic rings. The Morgan fingerprint density at radius 2 is 1.93 bits per heavy atom. The van der Waals surface area contributed by atoms with Crippen molar-refractivity contribution in [2.45, 2.75) is 46.5 Å². The van der Waals surface area contributed by atoms with E-state index in [1.807, 2.05) is 6.92 Å². The molecule has 0 aliphatic carbocycles. The molecule has 0 spiro atoms. The molecule has 0 fully saturated rings. The highest BCUT2D eigenvalue weighted by Gasteiger charge is 2.12. The fraction of sp³-hybridized carbons (Fsp3) is 0.750. The zero-order valence-corrected chi connectivity index (χ0v) is 10.2. The van der Waals surface area contributed by atoms with Crippen LogP contribution in [0.5, 0.6) is 0 Å². The third kappa shape index (κ3) is 6.28. The first-order valence-corrected chi connectivity index (χ1v) is 5.73. The summed E-state index contributed by atoms with van der Waals surface area (Å²) in [5.74, 6) is -0.118. The fourth-order valence-corrected chi connectivity index (χ4v) is 1.21. The van der Waals surface area contributed by atoms with Gasteiger partial charge in [-0.25, -0.2) is 5.06 Å². The summed E-state index contributed by atoms with van der Waals surface area (Å²) < 4.78 is 0. The van der Waals surface area contributed by atoms with E-state index in [1.165, 1.54) is 17.9 Å². The number of unbranched alkanes of at least 4 members (excludes halogenated alkanes) is 3. The zero-order valence-electron chi connectivity index (χ0n) is 10.2. The van der Waals surface area contributed by atoms with Gasteiger partial charge in [-0.2, -0.15) is 0 Å². The van der Waals surface area contributed by atoms with Gasteiger partial charge in [0.05, 0.1) is 6.61 Å². The van der Waals surface area contributed by atoms with Crippen molar-refractivity contribution in [3.8, 4) is 0 Å². The molecule has 0 aromatic heterocycles. The average molecular weight is 213 g/mol. The molecule has 0 aliphatic heterocycles. The van der Waals surface area contributed by atoms with E-state index in [1.54, 1.807) is 6.92 Å². The van der Waals surface area contributed by atoms with Gasteiger partial charge >= 0.3 is 0 Å². The molecule has 0 rings (SSSR count). The number of rotatable bonds is 8. The van der Waals surface area contributed by atoms with Gasteiger partial charge in [-0.05, 0) is 20.3 Å². The van der Waals surface area contributed by atoms with Crippen LogP contribution in [0.1, 0.15) is 46.5 Å². The lowest BCUT2D eigenvalue weighted by Gasteiger charge is -2.19. The quantitative estimate of drug-likeness (QED) is 0.352. The molecule has 3 nitrogen and oxygen atoms in total. The van der Waals surface area contributed by atoms with Crippen LogP contribution in [-0.2, 0) is 9.63 Å². The molecule has 0 bridgehead atoms. The van der Waals surface area contributed by atoms with Gasteiger partial charge in [-0.15, -0.1) is 0 Å². The Hall–Kier alpha value is -0.830. The largest absolute Gasteiger partial charge is 0.272 e. The zero-order chi connectivity index (χ0) is 11.7.